The van der Waals surface area contributed by atoms with E-state index in [-0.39, 0.29) is 21.8 Å². The summed E-state index contributed by atoms with van der Waals surface area (Å²) in [6, 6.07) is 10.0. The summed E-state index contributed by atoms with van der Waals surface area (Å²) in [6.45, 7) is 0. The monoisotopic (exact) mass is 417 g/mol. The zero-order valence-corrected chi connectivity index (χ0v) is 14.7. The van der Waals surface area contributed by atoms with Crippen molar-refractivity contribution >= 4 is 10.0 Å². The van der Waals surface area contributed by atoms with Crippen LogP contribution in [0.15, 0.2) is 59.5 Å². The van der Waals surface area contributed by atoms with Crippen LogP contribution in [0.4, 0.5) is 22.0 Å². The fourth-order valence-electron chi connectivity index (χ4n) is 2.60. The summed E-state index contributed by atoms with van der Waals surface area (Å²) in [5.74, 6) is 0. The van der Waals surface area contributed by atoms with E-state index in [4.69, 9.17) is 5.14 Å². The summed E-state index contributed by atoms with van der Waals surface area (Å²) in [5.41, 5.74) is -1.57. The fourth-order valence-corrected chi connectivity index (χ4v) is 3.31. The zero-order valence-electron chi connectivity index (χ0n) is 13.9. The van der Waals surface area contributed by atoms with E-state index in [1.807, 2.05) is 0 Å². The van der Waals surface area contributed by atoms with E-state index >= 15 is 0 Å². The number of alkyl halides is 5. The van der Waals surface area contributed by atoms with Crippen molar-refractivity contribution in [2.75, 3.05) is 0 Å². The highest BCUT2D eigenvalue weighted by atomic mass is 32.2. The SMILES string of the molecule is NS(=O)(=O)c1ccccc1-n1nc(C(F)F)cc1-c1ccc(C(F)(F)F)cc1. The first-order valence-corrected chi connectivity index (χ1v) is 9.21. The molecule has 28 heavy (non-hydrogen) atoms. The third-order valence-corrected chi connectivity index (χ3v) is 4.82. The molecule has 0 unspecified atom stereocenters. The molecule has 148 valence electrons. The predicted molar refractivity (Wildman–Crippen MR) is 90.3 cm³/mol. The molecule has 3 rings (SSSR count). The van der Waals surface area contributed by atoms with Gasteiger partial charge in [-0.15, -0.1) is 0 Å². The van der Waals surface area contributed by atoms with Crippen molar-refractivity contribution in [3.05, 3.63) is 65.9 Å². The first-order valence-electron chi connectivity index (χ1n) is 7.66. The Hall–Kier alpha value is -2.79. The lowest BCUT2D eigenvalue weighted by atomic mass is 10.1. The van der Waals surface area contributed by atoms with Gasteiger partial charge in [0.1, 0.15) is 10.6 Å². The summed E-state index contributed by atoms with van der Waals surface area (Å²) >= 11 is 0. The maximum absolute atomic E-state index is 13.2. The molecule has 0 atom stereocenters. The van der Waals surface area contributed by atoms with Crippen LogP contribution in [0, 0.1) is 0 Å². The van der Waals surface area contributed by atoms with Crippen molar-refractivity contribution in [3.63, 3.8) is 0 Å². The molecule has 1 aromatic heterocycles. The summed E-state index contributed by atoms with van der Waals surface area (Å²) in [6.07, 6.45) is -7.54. The van der Waals surface area contributed by atoms with Gasteiger partial charge in [-0.3, -0.25) is 0 Å². The molecule has 3 aromatic rings. The van der Waals surface area contributed by atoms with Crippen molar-refractivity contribution in [3.8, 4) is 16.9 Å². The molecule has 0 aliphatic heterocycles. The fraction of sp³-hybridized carbons (Fsp3) is 0.118. The van der Waals surface area contributed by atoms with Gasteiger partial charge in [0.15, 0.2) is 0 Å². The van der Waals surface area contributed by atoms with E-state index < -0.39 is 33.9 Å². The van der Waals surface area contributed by atoms with E-state index in [2.05, 4.69) is 5.10 Å². The Labute approximate surface area is 156 Å². The minimum Gasteiger partial charge on any atom is -0.231 e. The average Bonchev–Trinajstić information content (AvgIpc) is 3.06. The standard InChI is InChI=1S/C17H12F5N3O2S/c18-16(19)12-9-14(10-5-7-11(8-6-10)17(20,21)22)25(24-12)13-3-1-2-4-15(13)28(23,26)27/h1-9,16H,(H2,23,26,27). The number of para-hydroxylation sites is 1. The maximum Gasteiger partial charge on any atom is 0.416 e. The number of benzene rings is 2. The molecule has 0 aliphatic carbocycles. The lowest BCUT2D eigenvalue weighted by molar-refractivity contribution is -0.137. The van der Waals surface area contributed by atoms with Crippen LogP contribution in [0.25, 0.3) is 16.9 Å². The molecule has 0 saturated heterocycles. The van der Waals surface area contributed by atoms with Crippen molar-refractivity contribution in [2.45, 2.75) is 17.5 Å². The number of aromatic nitrogens is 2. The molecule has 11 heteroatoms. The van der Waals surface area contributed by atoms with Crippen LogP contribution in [-0.2, 0) is 16.2 Å². The van der Waals surface area contributed by atoms with Crippen molar-refractivity contribution in [2.24, 2.45) is 5.14 Å². The van der Waals surface area contributed by atoms with Crippen LogP contribution < -0.4 is 5.14 Å². The second-order valence-corrected chi connectivity index (χ2v) is 7.28. The zero-order chi connectivity index (χ0) is 20.7. The van der Waals surface area contributed by atoms with E-state index in [1.54, 1.807) is 0 Å². The van der Waals surface area contributed by atoms with E-state index in [9.17, 15) is 30.4 Å². The third-order valence-electron chi connectivity index (χ3n) is 3.86. The van der Waals surface area contributed by atoms with Gasteiger partial charge in [-0.1, -0.05) is 24.3 Å². The quantitative estimate of drug-likeness (QED) is 0.648. The van der Waals surface area contributed by atoms with Gasteiger partial charge in [0.05, 0.1) is 16.9 Å². The first-order chi connectivity index (χ1) is 13.0. The van der Waals surface area contributed by atoms with Crippen LogP contribution in [0.3, 0.4) is 0 Å². The number of halogens is 5. The lowest BCUT2D eigenvalue weighted by Crippen LogP contribution is -2.16. The third kappa shape index (κ3) is 3.90. The van der Waals surface area contributed by atoms with Crippen LogP contribution in [0.2, 0.25) is 0 Å². The minimum absolute atomic E-state index is 0.0138. The van der Waals surface area contributed by atoms with Gasteiger partial charge in [-0.05, 0) is 30.3 Å². The molecule has 0 bridgehead atoms. The summed E-state index contributed by atoms with van der Waals surface area (Å²) in [5, 5.41) is 8.90. The van der Waals surface area contributed by atoms with Crippen LogP contribution in [0.5, 0.6) is 0 Å². The van der Waals surface area contributed by atoms with Crippen molar-refractivity contribution < 1.29 is 30.4 Å². The molecule has 0 amide bonds. The van der Waals surface area contributed by atoms with Gasteiger partial charge in [0, 0.05) is 5.56 Å². The molecule has 1 heterocycles. The highest BCUT2D eigenvalue weighted by Crippen LogP contribution is 2.33. The predicted octanol–water partition coefficient (Wildman–Crippen LogP) is 4.14. The topological polar surface area (TPSA) is 78.0 Å². The van der Waals surface area contributed by atoms with Gasteiger partial charge >= 0.3 is 6.18 Å². The number of hydrogen-bond acceptors (Lipinski definition) is 3. The van der Waals surface area contributed by atoms with Gasteiger partial charge < -0.3 is 0 Å². The van der Waals surface area contributed by atoms with Gasteiger partial charge in [0.25, 0.3) is 6.43 Å². The number of primary sulfonamides is 1. The van der Waals surface area contributed by atoms with Crippen LogP contribution in [0.1, 0.15) is 17.7 Å². The van der Waals surface area contributed by atoms with Gasteiger partial charge in [-0.25, -0.2) is 27.0 Å². The molecule has 5 nitrogen and oxygen atoms in total. The number of nitrogens with two attached hydrogens (primary N) is 1. The number of hydrogen-bond donors (Lipinski definition) is 1. The molecular formula is C17H12F5N3O2S. The highest BCUT2D eigenvalue weighted by Gasteiger charge is 2.30. The van der Waals surface area contributed by atoms with E-state index in [0.717, 1.165) is 35.0 Å². The summed E-state index contributed by atoms with van der Waals surface area (Å²) < 4.78 is 89.2. The highest BCUT2D eigenvalue weighted by molar-refractivity contribution is 7.89. The molecule has 0 aliphatic rings. The average molecular weight is 417 g/mol. The lowest BCUT2D eigenvalue weighted by Gasteiger charge is -2.12. The van der Waals surface area contributed by atoms with Crippen molar-refractivity contribution in [1.82, 2.24) is 9.78 Å². The molecular weight excluding hydrogens is 405 g/mol. The molecule has 2 aromatic carbocycles. The summed E-state index contributed by atoms with van der Waals surface area (Å²) in [7, 11) is -4.21. The Balaban J connectivity index is 2.22. The van der Waals surface area contributed by atoms with E-state index in [0.29, 0.717) is 0 Å². The molecule has 0 fully saturated rings. The Morgan fingerprint density at radius 2 is 1.61 bits per heavy atom. The largest absolute Gasteiger partial charge is 0.416 e. The molecule has 0 spiro atoms. The number of sulfonamides is 1. The first kappa shape index (κ1) is 20.0. The Morgan fingerprint density at radius 3 is 2.14 bits per heavy atom. The van der Waals surface area contributed by atoms with Crippen LogP contribution >= 0.6 is 0 Å². The Kier molecular flexibility index (Phi) is 4.98. The molecule has 0 saturated carbocycles. The number of nitrogens with zero attached hydrogens (tertiary/aromatic N) is 2. The number of rotatable bonds is 4. The van der Waals surface area contributed by atoms with E-state index in [1.165, 1.54) is 24.3 Å². The minimum atomic E-state index is -4.56. The van der Waals surface area contributed by atoms with Crippen LogP contribution in [-0.4, -0.2) is 18.2 Å². The maximum atomic E-state index is 13.2. The summed E-state index contributed by atoms with van der Waals surface area (Å²) in [4.78, 5) is -0.368. The second kappa shape index (κ2) is 6.99. The Bertz CT molecular complexity index is 1110. The van der Waals surface area contributed by atoms with Crippen molar-refractivity contribution in [1.29, 1.82) is 0 Å². The van der Waals surface area contributed by atoms with Gasteiger partial charge in [-0.2, -0.15) is 18.3 Å². The second-order valence-electron chi connectivity index (χ2n) is 5.75. The molecule has 2 N–H and O–H groups in total. The Morgan fingerprint density at radius 1 is 1.00 bits per heavy atom. The molecule has 0 radical (unpaired) electrons. The van der Waals surface area contributed by atoms with Gasteiger partial charge in [0.2, 0.25) is 10.0 Å². The smallest absolute Gasteiger partial charge is 0.231 e. The normalized spacial score (nSPS) is 12.5.